The zero-order valence-corrected chi connectivity index (χ0v) is 34.0. The van der Waals surface area contributed by atoms with Gasteiger partial charge in [0.25, 0.3) is 11.8 Å². The number of ketones is 2. The Bertz CT molecular complexity index is 2610. The number of hydrogen-bond acceptors (Lipinski definition) is 15. The summed E-state index contributed by atoms with van der Waals surface area (Å²) in [4.78, 5) is 89.8. The number of carbonyl (C=O) groups is 6. The molecule has 0 bridgehead atoms. The molecule has 5 heterocycles. The van der Waals surface area contributed by atoms with Gasteiger partial charge in [-0.1, -0.05) is 11.3 Å². The minimum atomic E-state index is -1.11. The minimum absolute atomic E-state index is 0.00271. The van der Waals surface area contributed by atoms with Gasteiger partial charge >= 0.3 is 0 Å². The van der Waals surface area contributed by atoms with E-state index in [1.165, 1.54) is 18.2 Å². The van der Waals surface area contributed by atoms with E-state index < -0.39 is 29.7 Å². The van der Waals surface area contributed by atoms with Crippen LogP contribution in [0.15, 0.2) is 60.8 Å². The summed E-state index contributed by atoms with van der Waals surface area (Å²) < 4.78 is 13.0. The fraction of sp³-hybridized carbons (Fsp3) is 0.349. The van der Waals surface area contributed by atoms with E-state index in [2.05, 4.69) is 51.3 Å². The van der Waals surface area contributed by atoms with E-state index in [-0.39, 0.29) is 78.9 Å². The first-order valence-electron chi connectivity index (χ1n) is 20.5. The number of piperidine rings is 1. The molecule has 4 N–H and O–H groups in total. The van der Waals surface area contributed by atoms with Crippen molar-refractivity contribution in [3.8, 4) is 5.75 Å². The summed E-state index contributed by atoms with van der Waals surface area (Å²) in [5.41, 5.74) is 3.49. The van der Waals surface area contributed by atoms with Crippen LogP contribution < -0.4 is 20.7 Å². The molecular formula is C43H42N12O8. The maximum atomic E-state index is 13.5. The van der Waals surface area contributed by atoms with Gasteiger partial charge in [0.2, 0.25) is 24.3 Å². The van der Waals surface area contributed by atoms with Gasteiger partial charge < -0.3 is 25.0 Å². The summed E-state index contributed by atoms with van der Waals surface area (Å²) in [7, 11) is 0. The van der Waals surface area contributed by atoms with Crippen molar-refractivity contribution >= 4 is 58.5 Å². The number of nitrogens with one attached hydrogen (secondary N) is 4. The smallest absolute Gasteiger partial charge is 0.266 e. The molecule has 0 radical (unpaired) electrons. The molecule has 20 nitrogen and oxygen atoms in total. The molecule has 1 unspecified atom stereocenters. The van der Waals surface area contributed by atoms with Crippen LogP contribution in [-0.2, 0) is 38.6 Å². The van der Waals surface area contributed by atoms with Crippen LogP contribution in [0.4, 0.5) is 23.3 Å². The van der Waals surface area contributed by atoms with Gasteiger partial charge in [0.1, 0.15) is 29.9 Å². The lowest BCUT2D eigenvalue weighted by atomic mass is 10.0. The summed E-state index contributed by atoms with van der Waals surface area (Å²) in [6.45, 7) is 8.03. The number of aromatic amines is 1. The topological polar surface area (TPSA) is 250 Å². The number of ether oxygens (including phenoxy) is 2. The number of H-pyrrole nitrogens is 1. The van der Waals surface area contributed by atoms with E-state index in [9.17, 15) is 28.8 Å². The van der Waals surface area contributed by atoms with E-state index in [4.69, 9.17) is 16.0 Å². The van der Waals surface area contributed by atoms with Crippen molar-refractivity contribution in [3.63, 3.8) is 0 Å². The Hall–Kier alpha value is -7.66. The van der Waals surface area contributed by atoms with Gasteiger partial charge in [-0.3, -0.25) is 44.1 Å². The van der Waals surface area contributed by atoms with E-state index in [0.717, 1.165) is 29.0 Å². The summed E-state index contributed by atoms with van der Waals surface area (Å²) in [6.07, 6.45) is 5.01. The number of benzene rings is 2. The van der Waals surface area contributed by atoms with Crippen LogP contribution in [0.5, 0.6) is 5.75 Å². The zero-order valence-electron chi connectivity index (χ0n) is 34.0. The zero-order chi connectivity index (χ0) is 43.9. The standard InChI is InChI=1S/C43H42N12O8/c1-44-22-25-7-11-27(12-8-25)45-43-46-32(21-36(48-43)47-37-20-31(51-52-37)26-9-10-26)34(57)15-13-28-23-54(53-50-28)17-19-62-18-3-4-29(56)24-63-35-6-2-5-30-39(35)42(61)55(41(30)60)33-14-16-38(58)49-40(33)59/h2,5-8,11-12,20-21,23,26,33H,3-4,9-10,13-19,22,24H2,(H,49,58,59)(H3,45,46,47,48,51,52). The molecule has 2 aromatic carbocycles. The van der Waals surface area contributed by atoms with Gasteiger partial charge in [-0.2, -0.15) is 10.1 Å². The highest BCUT2D eigenvalue weighted by molar-refractivity contribution is 6.24. The Morgan fingerprint density at radius 2 is 1.78 bits per heavy atom. The van der Waals surface area contributed by atoms with Gasteiger partial charge in [0.15, 0.2) is 17.4 Å². The highest BCUT2D eigenvalue weighted by atomic mass is 16.5. The number of imide groups is 2. The quantitative estimate of drug-likeness (QED) is 0.0349. The minimum Gasteiger partial charge on any atom is -0.485 e. The van der Waals surface area contributed by atoms with E-state index in [1.807, 2.05) is 30.3 Å². The molecule has 1 saturated heterocycles. The van der Waals surface area contributed by atoms with Crippen LogP contribution in [0.3, 0.4) is 0 Å². The second-order valence-electron chi connectivity index (χ2n) is 15.3. The number of aromatic nitrogens is 7. The molecule has 322 valence electrons. The summed E-state index contributed by atoms with van der Waals surface area (Å²) in [6, 6.07) is 14.2. The number of amides is 4. The van der Waals surface area contributed by atoms with Crippen molar-refractivity contribution in [2.75, 3.05) is 30.5 Å². The van der Waals surface area contributed by atoms with Crippen LogP contribution in [-0.4, -0.2) is 101 Å². The molecule has 2 fully saturated rings. The van der Waals surface area contributed by atoms with Gasteiger partial charge in [-0.05, 0) is 62.1 Å². The molecule has 20 heteroatoms. The lowest BCUT2D eigenvalue weighted by molar-refractivity contribution is -0.136. The van der Waals surface area contributed by atoms with Crippen molar-refractivity contribution in [2.24, 2.45) is 0 Å². The van der Waals surface area contributed by atoms with Gasteiger partial charge in [0, 0.05) is 73.5 Å². The molecule has 0 spiro atoms. The maximum absolute atomic E-state index is 13.5. The fourth-order valence-electron chi connectivity index (χ4n) is 7.16. The number of hydrogen-bond donors (Lipinski definition) is 4. The summed E-state index contributed by atoms with van der Waals surface area (Å²) in [5.74, 6) is -1.28. The third-order valence-corrected chi connectivity index (χ3v) is 10.6. The monoisotopic (exact) mass is 854 g/mol. The van der Waals surface area contributed by atoms with Crippen LogP contribution in [0.1, 0.15) is 99.0 Å². The number of anilines is 4. The molecule has 4 amide bonds. The first kappa shape index (κ1) is 42.0. The number of rotatable bonds is 21. The Kier molecular flexibility index (Phi) is 12.6. The number of carbonyl (C=O) groups excluding carboxylic acids is 6. The van der Waals surface area contributed by atoms with Crippen LogP contribution >= 0.6 is 0 Å². The second-order valence-corrected chi connectivity index (χ2v) is 15.3. The van der Waals surface area contributed by atoms with Gasteiger partial charge in [-0.25, -0.2) is 16.2 Å². The predicted molar refractivity (Wildman–Crippen MR) is 222 cm³/mol. The molecule has 1 saturated carbocycles. The van der Waals surface area contributed by atoms with Crippen molar-refractivity contribution in [3.05, 3.63) is 106 Å². The van der Waals surface area contributed by atoms with Crippen molar-refractivity contribution in [1.29, 1.82) is 0 Å². The lowest BCUT2D eigenvalue weighted by Crippen LogP contribution is -2.54. The Morgan fingerprint density at radius 3 is 2.57 bits per heavy atom. The normalized spacial score (nSPS) is 15.8. The number of aryl methyl sites for hydroxylation is 1. The molecule has 3 aliphatic rings. The molecule has 3 aromatic heterocycles. The second kappa shape index (κ2) is 18.9. The molecule has 1 aliphatic carbocycles. The van der Waals surface area contributed by atoms with Crippen molar-refractivity contribution in [2.45, 2.75) is 76.4 Å². The number of fused-ring (bicyclic) bond motifs is 1. The Morgan fingerprint density at radius 1 is 0.937 bits per heavy atom. The van der Waals surface area contributed by atoms with Gasteiger partial charge in [-0.15, -0.1) is 5.10 Å². The summed E-state index contributed by atoms with van der Waals surface area (Å²) >= 11 is 0. The largest absolute Gasteiger partial charge is 0.485 e. The molecular weight excluding hydrogens is 813 g/mol. The molecule has 8 rings (SSSR count). The average molecular weight is 855 g/mol. The Balaban J connectivity index is 0.774. The third kappa shape index (κ3) is 10.3. The van der Waals surface area contributed by atoms with Crippen LogP contribution in [0.25, 0.3) is 4.85 Å². The molecule has 2 aliphatic heterocycles. The first-order chi connectivity index (χ1) is 30.6. The highest BCUT2D eigenvalue weighted by Gasteiger charge is 2.46. The van der Waals surface area contributed by atoms with E-state index in [0.29, 0.717) is 61.5 Å². The lowest BCUT2D eigenvalue weighted by Gasteiger charge is -2.27. The summed E-state index contributed by atoms with van der Waals surface area (Å²) in [5, 5.41) is 24.3. The third-order valence-electron chi connectivity index (χ3n) is 10.6. The highest BCUT2D eigenvalue weighted by Crippen LogP contribution is 2.40. The predicted octanol–water partition coefficient (Wildman–Crippen LogP) is 4.24. The number of Topliss-reactive ketones (excluding diaryl/α,β-unsaturated/α-hetero) is 2. The van der Waals surface area contributed by atoms with Crippen molar-refractivity contribution < 1.29 is 38.2 Å². The average Bonchev–Trinajstić information content (AvgIpc) is 3.75. The SMILES string of the molecule is [C-]#[N+]Cc1ccc(Nc2nc(Nc3cc(C4CC4)[nH]n3)cc(C(=O)CCc3cn(CCOCCCC(=O)COc4cccc5c4C(=O)N(C4CCC(=O)NC4=O)C5=O)nn3)n2)cc1. The van der Waals surface area contributed by atoms with Crippen LogP contribution in [0.2, 0.25) is 0 Å². The van der Waals surface area contributed by atoms with Crippen molar-refractivity contribution in [1.82, 2.24) is 45.4 Å². The van der Waals surface area contributed by atoms with Crippen LogP contribution in [0, 0.1) is 6.57 Å². The van der Waals surface area contributed by atoms with E-state index >= 15 is 0 Å². The Labute approximate surface area is 360 Å². The molecule has 63 heavy (non-hydrogen) atoms. The van der Waals surface area contributed by atoms with E-state index in [1.54, 1.807) is 16.9 Å². The molecule has 1 atom stereocenters. The number of nitrogens with zero attached hydrogens (tertiary/aromatic N) is 8. The van der Waals surface area contributed by atoms with Gasteiger partial charge in [0.05, 0.1) is 30.0 Å². The molecule has 5 aromatic rings. The maximum Gasteiger partial charge on any atom is 0.266 e. The first-order valence-corrected chi connectivity index (χ1v) is 20.5. The fourth-order valence-corrected chi connectivity index (χ4v) is 7.16.